The van der Waals surface area contributed by atoms with Gasteiger partial charge in [0.1, 0.15) is 0 Å². The lowest BCUT2D eigenvalue weighted by molar-refractivity contribution is -0.141. The number of hydrogen-bond donors (Lipinski definition) is 1. The Morgan fingerprint density at radius 1 is 1.63 bits per heavy atom. The summed E-state index contributed by atoms with van der Waals surface area (Å²) in [5, 5.41) is 7.31. The highest BCUT2D eigenvalue weighted by Gasteiger charge is 2.42. The molecule has 0 unspecified atom stereocenters. The summed E-state index contributed by atoms with van der Waals surface area (Å²) in [6, 6.07) is 7.36. The average Bonchev–Trinajstić information content (AvgIpc) is 2.80. The molecule has 1 aliphatic rings. The number of rotatable bonds is 4. The average molecular weight is 279 g/mol. The molecule has 0 aromatic heterocycles. The fraction of sp³-hybridized carbons (Fsp3) is 0.286. The van der Waals surface area contributed by atoms with E-state index in [2.05, 4.69) is 17.1 Å². The maximum absolute atomic E-state index is 12.0. The first kappa shape index (κ1) is 13.6. The first-order chi connectivity index (χ1) is 9.07. The van der Waals surface area contributed by atoms with Crippen molar-refractivity contribution in [1.29, 1.82) is 0 Å². The molecule has 0 aliphatic carbocycles. The van der Waals surface area contributed by atoms with Crippen molar-refractivity contribution in [2.75, 3.05) is 6.54 Å². The maximum atomic E-state index is 12.0. The van der Waals surface area contributed by atoms with Gasteiger partial charge in [-0.05, 0) is 13.0 Å². The fourth-order valence-corrected chi connectivity index (χ4v) is 2.10. The van der Waals surface area contributed by atoms with E-state index < -0.39 is 5.60 Å². The molecular weight excluding hydrogens is 264 g/mol. The second kappa shape index (κ2) is 5.45. The number of amides is 1. The molecule has 100 valence electrons. The first-order valence-electron chi connectivity index (χ1n) is 5.96. The number of hydrogen-bond acceptors (Lipinski definition) is 3. The molecule has 0 bridgehead atoms. The van der Waals surface area contributed by atoms with Gasteiger partial charge < -0.3 is 10.2 Å². The van der Waals surface area contributed by atoms with Crippen molar-refractivity contribution < 1.29 is 9.63 Å². The van der Waals surface area contributed by atoms with Gasteiger partial charge in [0, 0.05) is 23.6 Å². The maximum Gasteiger partial charge on any atom is 0.267 e. The van der Waals surface area contributed by atoms with Crippen molar-refractivity contribution in [3.05, 3.63) is 47.5 Å². The molecule has 2 rings (SSSR count). The number of nitrogens with zero attached hydrogens (tertiary/aromatic N) is 1. The fourth-order valence-electron chi connectivity index (χ4n) is 1.85. The van der Waals surface area contributed by atoms with Crippen LogP contribution in [0.15, 0.2) is 42.1 Å². The van der Waals surface area contributed by atoms with Crippen molar-refractivity contribution in [3.8, 4) is 0 Å². The summed E-state index contributed by atoms with van der Waals surface area (Å²) in [5.41, 5.74) is 0.489. The quantitative estimate of drug-likeness (QED) is 0.861. The van der Waals surface area contributed by atoms with Gasteiger partial charge in [0.2, 0.25) is 5.60 Å². The van der Waals surface area contributed by atoms with Crippen LogP contribution < -0.4 is 5.32 Å². The van der Waals surface area contributed by atoms with E-state index in [1.807, 2.05) is 18.2 Å². The van der Waals surface area contributed by atoms with Crippen LogP contribution in [0.4, 0.5) is 0 Å². The lowest BCUT2D eigenvalue weighted by Gasteiger charge is -2.19. The summed E-state index contributed by atoms with van der Waals surface area (Å²) in [4.78, 5) is 17.3. The topological polar surface area (TPSA) is 50.7 Å². The van der Waals surface area contributed by atoms with Crippen LogP contribution >= 0.6 is 11.6 Å². The smallest absolute Gasteiger partial charge is 0.267 e. The molecular formula is C14H15ClN2O2. The van der Waals surface area contributed by atoms with Crippen LogP contribution in [-0.2, 0) is 9.63 Å². The van der Waals surface area contributed by atoms with Crippen LogP contribution in [-0.4, -0.2) is 23.8 Å². The van der Waals surface area contributed by atoms with E-state index in [1.165, 1.54) is 0 Å². The number of oxime groups is 1. The van der Waals surface area contributed by atoms with E-state index in [0.717, 1.165) is 5.56 Å². The Morgan fingerprint density at radius 3 is 3.05 bits per heavy atom. The Balaban J connectivity index is 2.12. The zero-order chi connectivity index (χ0) is 13.9. The number of nitrogens with one attached hydrogen (secondary N) is 1. The van der Waals surface area contributed by atoms with E-state index in [4.69, 9.17) is 16.4 Å². The molecule has 1 atom stereocenters. The van der Waals surface area contributed by atoms with E-state index in [9.17, 15) is 4.79 Å². The Hall–Kier alpha value is -1.81. The highest BCUT2D eigenvalue weighted by atomic mass is 35.5. The lowest BCUT2D eigenvalue weighted by atomic mass is 9.95. The minimum absolute atomic E-state index is 0.210. The Bertz CT molecular complexity index is 542. The standard InChI is InChI=1S/C14H15ClN2O2/c1-3-8-16-13(18)14(2)9-12(17-19-14)10-6-4-5-7-11(10)15/h3-7H,1,8-9H2,2H3,(H,16,18)/t14-/m1/s1. The Kier molecular flexibility index (Phi) is 3.90. The van der Waals surface area contributed by atoms with Gasteiger partial charge >= 0.3 is 0 Å². The molecule has 0 saturated carbocycles. The summed E-state index contributed by atoms with van der Waals surface area (Å²) >= 11 is 6.11. The van der Waals surface area contributed by atoms with Crippen LogP contribution in [0.2, 0.25) is 5.02 Å². The van der Waals surface area contributed by atoms with Gasteiger partial charge in [-0.25, -0.2) is 0 Å². The van der Waals surface area contributed by atoms with Gasteiger partial charge in [0.25, 0.3) is 5.91 Å². The number of carbonyl (C=O) groups excluding carboxylic acids is 1. The van der Waals surface area contributed by atoms with Gasteiger partial charge in [-0.3, -0.25) is 4.79 Å². The lowest BCUT2D eigenvalue weighted by Crippen LogP contribution is -2.44. The first-order valence-corrected chi connectivity index (χ1v) is 6.34. The molecule has 1 amide bonds. The van der Waals surface area contributed by atoms with Crippen molar-refractivity contribution in [2.45, 2.75) is 18.9 Å². The molecule has 19 heavy (non-hydrogen) atoms. The normalized spacial score (nSPS) is 21.5. The van der Waals surface area contributed by atoms with Gasteiger partial charge in [-0.2, -0.15) is 0 Å². The third-order valence-electron chi connectivity index (χ3n) is 2.93. The van der Waals surface area contributed by atoms with Crippen molar-refractivity contribution >= 4 is 23.2 Å². The van der Waals surface area contributed by atoms with E-state index >= 15 is 0 Å². The molecule has 0 spiro atoms. The largest absolute Gasteiger partial charge is 0.379 e. The molecule has 1 aromatic rings. The molecule has 0 radical (unpaired) electrons. The van der Waals surface area contributed by atoms with Crippen LogP contribution in [0.5, 0.6) is 0 Å². The van der Waals surface area contributed by atoms with Crippen molar-refractivity contribution in [3.63, 3.8) is 0 Å². The van der Waals surface area contributed by atoms with E-state index in [0.29, 0.717) is 23.7 Å². The Labute approximate surface area is 117 Å². The molecule has 1 aliphatic heterocycles. The summed E-state index contributed by atoms with van der Waals surface area (Å²) in [5.74, 6) is -0.210. The molecule has 0 fully saturated rings. The zero-order valence-corrected chi connectivity index (χ0v) is 11.4. The van der Waals surface area contributed by atoms with E-state index in [1.54, 1.807) is 19.1 Å². The number of carbonyl (C=O) groups is 1. The van der Waals surface area contributed by atoms with Gasteiger partial charge in [-0.15, -0.1) is 6.58 Å². The summed E-state index contributed by atoms with van der Waals surface area (Å²) in [6.45, 7) is 5.66. The SMILES string of the molecule is C=CCNC(=O)[C@@]1(C)CC(c2ccccc2Cl)=NO1. The summed E-state index contributed by atoms with van der Waals surface area (Å²) < 4.78 is 0. The third-order valence-corrected chi connectivity index (χ3v) is 3.26. The van der Waals surface area contributed by atoms with Crippen LogP contribution in [0.25, 0.3) is 0 Å². The third kappa shape index (κ3) is 2.79. The van der Waals surface area contributed by atoms with Gasteiger partial charge in [-0.1, -0.05) is 41.0 Å². The highest BCUT2D eigenvalue weighted by molar-refractivity contribution is 6.34. The molecule has 1 N–H and O–H groups in total. The van der Waals surface area contributed by atoms with Crippen LogP contribution in [0, 0.1) is 0 Å². The summed E-state index contributed by atoms with van der Waals surface area (Å²) in [7, 11) is 0. The van der Waals surface area contributed by atoms with Crippen molar-refractivity contribution in [2.24, 2.45) is 5.16 Å². The second-order valence-corrected chi connectivity index (χ2v) is 4.92. The van der Waals surface area contributed by atoms with E-state index in [-0.39, 0.29) is 5.91 Å². The molecule has 1 aromatic carbocycles. The molecule has 0 saturated heterocycles. The summed E-state index contributed by atoms with van der Waals surface area (Å²) in [6.07, 6.45) is 2.01. The molecule has 4 nitrogen and oxygen atoms in total. The minimum Gasteiger partial charge on any atom is -0.379 e. The predicted molar refractivity (Wildman–Crippen MR) is 75.3 cm³/mol. The van der Waals surface area contributed by atoms with Crippen LogP contribution in [0.1, 0.15) is 18.9 Å². The molecule has 5 heteroatoms. The van der Waals surface area contributed by atoms with Crippen molar-refractivity contribution in [1.82, 2.24) is 5.32 Å². The Morgan fingerprint density at radius 2 is 2.37 bits per heavy atom. The number of halogens is 1. The van der Waals surface area contributed by atoms with Crippen LogP contribution in [0.3, 0.4) is 0 Å². The predicted octanol–water partition coefficient (Wildman–Crippen LogP) is 2.53. The van der Waals surface area contributed by atoms with Gasteiger partial charge in [0.15, 0.2) is 0 Å². The highest BCUT2D eigenvalue weighted by Crippen LogP contribution is 2.29. The molecule has 1 heterocycles. The monoisotopic (exact) mass is 278 g/mol. The zero-order valence-electron chi connectivity index (χ0n) is 10.6. The second-order valence-electron chi connectivity index (χ2n) is 4.52. The number of benzene rings is 1. The minimum atomic E-state index is -0.989. The van der Waals surface area contributed by atoms with Gasteiger partial charge in [0.05, 0.1) is 5.71 Å².